The minimum Gasteiger partial charge on any atom is -0.340 e. The number of rotatable bonds is 3. The molecule has 0 saturated carbocycles. The van der Waals surface area contributed by atoms with Crippen molar-refractivity contribution in [3.05, 3.63) is 29.8 Å². The van der Waals surface area contributed by atoms with Gasteiger partial charge in [-0.2, -0.15) is 0 Å². The number of carbonyl (C=O) groups excluding carboxylic acids is 2. The maximum absolute atomic E-state index is 13.1. The lowest BCUT2D eigenvalue weighted by Crippen LogP contribution is -2.64. The largest absolute Gasteiger partial charge is 0.340 e. The highest BCUT2D eigenvalue weighted by molar-refractivity contribution is 5.97. The molecule has 2 rings (SSSR count). The fourth-order valence-corrected chi connectivity index (χ4v) is 2.12. The molecule has 1 aliphatic heterocycles. The van der Waals surface area contributed by atoms with Crippen LogP contribution >= 0.6 is 0 Å². The maximum atomic E-state index is 13.1. The highest BCUT2D eigenvalue weighted by Gasteiger charge is 2.41. The van der Waals surface area contributed by atoms with Crippen molar-refractivity contribution in [2.24, 2.45) is 0 Å². The van der Waals surface area contributed by atoms with Crippen LogP contribution in [0.25, 0.3) is 0 Å². The summed E-state index contributed by atoms with van der Waals surface area (Å²) < 4.78 is 13.1. The molecule has 2 heterocycles. The van der Waals surface area contributed by atoms with Gasteiger partial charge >= 0.3 is 0 Å². The van der Waals surface area contributed by atoms with Crippen molar-refractivity contribution in [1.29, 1.82) is 0 Å². The maximum Gasteiger partial charge on any atom is 0.248 e. The number of piperazine rings is 1. The van der Waals surface area contributed by atoms with E-state index in [4.69, 9.17) is 0 Å². The summed E-state index contributed by atoms with van der Waals surface area (Å²) in [5.74, 6) is -0.808. The number of hydrogen-bond acceptors (Lipinski definition) is 3. The molecule has 6 heteroatoms. The summed E-state index contributed by atoms with van der Waals surface area (Å²) >= 11 is 0. The highest BCUT2D eigenvalue weighted by atomic mass is 19.1. The molecule has 0 radical (unpaired) electrons. The number of nitrogens with zero attached hydrogens (tertiary/aromatic N) is 2. The first kappa shape index (κ1) is 13.5. The lowest BCUT2D eigenvalue weighted by atomic mass is 9.94. The Labute approximate surface area is 110 Å². The molecule has 1 aromatic rings. The van der Waals surface area contributed by atoms with E-state index in [0.29, 0.717) is 12.0 Å². The average Bonchev–Trinajstić information content (AvgIpc) is 2.35. The summed E-state index contributed by atoms with van der Waals surface area (Å²) in [7, 11) is 0. The van der Waals surface area contributed by atoms with Crippen LogP contribution < -0.4 is 5.32 Å². The first-order valence-corrected chi connectivity index (χ1v) is 6.14. The third-order valence-electron chi connectivity index (χ3n) is 3.35. The van der Waals surface area contributed by atoms with Crippen molar-refractivity contribution in [1.82, 2.24) is 15.2 Å². The Kier molecular flexibility index (Phi) is 3.50. The zero-order valence-electron chi connectivity index (χ0n) is 10.9. The van der Waals surface area contributed by atoms with Gasteiger partial charge in [0.1, 0.15) is 11.4 Å². The van der Waals surface area contributed by atoms with Crippen LogP contribution in [0.5, 0.6) is 0 Å². The van der Waals surface area contributed by atoms with E-state index in [1.165, 1.54) is 17.2 Å². The van der Waals surface area contributed by atoms with Gasteiger partial charge in [0.15, 0.2) is 0 Å². The average molecular weight is 265 g/mol. The fraction of sp³-hybridized carbons (Fsp3) is 0.462. The Morgan fingerprint density at radius 3 is 2.84 bits per heavy atom. The van der Waals surface area contributed by atoms with Crippen molar-refractivity contribution in [2.75, 3.05) is 6.54 Å². The van der Waals surface area contributed by atoms with Crippen molar-refractivity contribution in [3.63, 3.8) is 0 Å². The minimum absolute atomic E-state index is 0.00899. The van der Waals surface area contributed by atoms with Crippen LogP contribution in [0.1, 0.15) is 25.8 Å². The van der Waals surface area contributed by atoms with E-state index < -0.39 is 11.4 Å². The number of halogens is 1. The molecule has 0 bridgehead atoms. The Morgan fingerprint density at radius 1 is 1.47 bits per heavy atom. The van der Waals surface area contributed by atoms with Crippen LogP contribution in [-0.2, 0) is 16.1 Å². The van der Waals surface area contributed by atoms with Gasteiger partial charge in [0.25, 0.3) is 0 Å². The van der Waals surface area contributed by atoms with E-state index in [0.717, 1.165) is 6.20 Å². The zero-order chi connectivity index (χ0) is 14.0. The molecule has 1 aliphatic rings. The standard InChI is InChI=1S/C13H16FN3O2/c1-3-13(2)12(19)17(8-11(18)16-13)7-9-4-10(14)6-15-5-9/h4-6H,3,7-8H2,1-2H3,(H,16,18). The molecule has 2 amide bonds. The Morgan fingerprint density at radius 2 is 2.21 bits per heavy atom. The summed E-state index contributed by atoms with van der Waals surface area (Å²) in [6.07, 6.45) is 3.10. The summed E-state index contributed by atoms with van der Waals surface area (Å²) in [4.78, 5) is 29.1. The molecule has 1 atom stereocenters. The molecule has 1 aromatic heterocycles. The topological polar surface area (TPSA) is 62.3 Å². The third-order valence-corrected chi connectivity index (χ3v) is 3.35. The van der Waals surface area contributed by atoms with Crippen molar-refractivity contribution in [2.45, 2.75) is 32.4 Å². The van der Waals surface area contributed by atoms with E-state index >= 15 is 0 Å². The molecule has 19 heavy (non-hydrogen) atoms. The molecule has 1 unspecified atom stereocenters. The third kappa shape index (κ3) is 2.72. The number of carbonyl (C=O) groups is 2. The van der Waals surface area contributed by atoms with Crippen molar-refractivity contribution >= 4 is 11.8 Å². The second-order valence-corrected chi connectivity index (χ2v) is 4.91. The van der Waals surface area contributed by atoms with E-state index in [9.17, 15) is 14.0 Å². The van der Waals surface area contributed by atoms with Gasteiger partial charge in [0.2, 0.25) is 11.8 Å². The normalized spacial score (nSPS) is 23.4. The van der Waals surface area contributed by atoms with Gasteiger partial charge in [0.05, 0.1) is 12.7 Å². The summed E-state index contributed by atoms with van der Waals surface area (Å²) in [6.45, 7) is 3.71. The van der Waals surface area contributed by atoms with Gasteiger partial charge < -0.3 is 10.2 Å². The monoisotopic (exact) mass is 265 g/mol. The van der Waals surface area contributed by atoms with Gasteiger partial charge in [0, 0.05) is 12.7 Å². The Hall–Kier alpha value is -1.98. The van der Waals surface area contributed by atoms with Gasteiger partial charge in [-0.05, 0) is 25.0 Å². The van der Waals surface area contributed by atoms with E-state index in [2.05, 4.69) is 10.3 Å². The van der Waals surface area contributed by atoms with Crippen LogP contribution in [-0.4, -0.2) is 33.8 Å². The zero-order valence-corrected chi connectivity index (χ0v) is 10.9. The van der Waals surface area contributed by atoms with Crippen LogP contribution in [0, 0.1) is 5.82 Å². The molecular weight excluding hydrogens is 249 g/mol. The van der Waals surface area contributed by atoms with Crippen molar-refractivity contribution in [3.8, 4) is 0 Å². The molecule has 1 N–H and O–H groups in total. The molecular formula is C13H16FN3O2. The van der Waals surface area contributed by atoms with Crippen LogP contribution in [0.3, 0.4) is 0 Å². The number of aromatic nitrogens is 1. The predicted octanol–water partition coefficient (Wildman–Crippen LogP) is 0.848. The van der Waals surface area contributed by atoms with E-state index in [1.807, 2.05) is 6.92 Å². The van der Waals surface area contributed by atoms with E-state index in [-0.39, 0.29) is 24.9 Å². The van der Waals surface area contributed by atoms with Gasteiger partial charge in [-0.3, -0.25) is 14.6 Å². The van der Waals surface area contributed by atoms with Crippen LogP contribution in [0.2, 0.25) is 0 Å². The van der Waals surface area contributed by atoms with Gasteiger partial charge in [-0.1, -0.05) is 6.92 Å². The van der Waals surface area contributed by atoms with Crippen LogP contribution in [0.15, 0.2) is 18.5 Å². The van der Waals surface area contributed by atoms with Gasteiger partial charge in [-0.25, -0.2) is 4.39 Å². The number of amides is 2. The summed E-state index contributed by atoms with van der Waals surface area (Å²) in [6, 6.07) is 1.32. The number of pyridine rings is 1. The molecule has 1 saturated heterocycles. The van der Waals surface area contributed by atoms with Crippen LogP contribution in [0.4, 0.5) is 4.39 Å². The van der Waals surface area contributed by atoms with E-state index in [1.54, 1.807) is 6.92 Å². The van der Waals surface area contributed by atoms with Crippen molar-refractivity contribution < 1.29 is 14.0 Å². The molecule has 1 fully saturated rings. The highest BCUT2D eigenvalue weighted by Crippen LogP contribution is 2.19. The molecule has 102 valence electrons. The number of hydrogen-bond donors (Lipinski definition) is 1. The first-order valence-electron chi connectivity index (χ1n) is 6.14. The predicted molar refractivity (Wildman–Crippen MR) is 66.5 cm³/mol. The van der Waals surface area contributed by atoms with Gasteiger partial charge in [-0.15, -0.1) is 0 Å². The lowest BCUT2D eigenvalue weighted by molar-refractivity contribution is -0.149. The lowest BCUT2D eigenvalue weighted by Gasteiger charge is -2.39. The Balaban J connectivity index is 2.19. The second-order valence-electron chi connectivity index (χ2n) is 4.91. The molecule has 0 aliphatic carbocycles. The fourth-order valence-electron chi connectivity index (χ4n) is 2.12. The minimum atomic E-state index is -0.879. The SMILES string of the molecule is CCC1(C)NC(=O)CN(Cc2cncc(F)c2)C1=O. The molecule has 0 aromatic carbocycles. The quantitative estimate of drug-likeness (QED) is 0.881. The summed E-state index contributed by atoms with van der Waals surface area (Å²) in [5, 5.41) is 2.70. The smallest absolute Gasteiger partial charge is 0.248 e. The molecule has 5 nitrogen and oxygen atoms in total. The molecule has 0 spiro atoms. The number of nitrogens with one attached hydrogen (secondary N) is 1. The Bertz CT molecular complexity index is 520. The second kappa shape index (κ2) is 4.95. The first-order chi connectivity index (χ1) is 8.94. The summed E-state index contributed by atoms with van der Waals surface area (Å²) in [5.41, 5.74) is -0.308.